The molecule has 0 radical (unpaired) electrons. The maximum absolute atomic E-state index is 12.6. The second-order valence-corrected chi connectivity index (χ2v) is 8.17. The van der Waals surface area contributed by atoms with Gasteiger partial charge in [0.1, 0.15) is 0 Å². The highest BCUT2D eigenvalue weighted by Crippen LogP contribution is 2.28. The lowest BCUT2D eigenvalue weighted by molar-refractivity contribution is 0.389. The predicted molar refractivity (Wildman–Crippen MR) is 87.3 cm³/mol. The van der Waals surface area contributed by atoms with Gasteiger partial charge in [0.2, 0.25) is 0 Å². The van der Waals surface area contributed by atoms with Gasteiger partial charge in [-0.2, -0.15) is 0 Å². The van der Waals surface area contributed by atoms with Crippen LogP contribution < -0.4 is 5.73 Å². The van der Waals surface area contributed by atoms with E-state index in [0.717, 1.165) is 24.3 Å². The summed E-state index contributed by atoms with van der Waals surface area (Å²) in [7, 11) is -0.798. The van der Waals surface area contributed by atoms with Gasteiger partial charge in [0.05, 0.1) is 0 Å². The monoisotopic (exact) mass is 293 g/mol. The van der Waals surface area contributed by atoms with Crippen molar-refractivity contribution < 1.29 is 4.21 Å². The van der Waals surface area contributed by atoms with E-state index in [1.807, 2.05) is 0 Å². The summed E-state index contributed by atoms with van der Waals surface area (Å²) in [6, 6.07) is 6.25. The van der Waals surface area contributed by atoms with Crippen molar-refractivity contribution in [3.63, 3.8) is 0 Å². The molecule has 2 N–H and O–H groups in total. The quantitative estimate of drug-likeness (QED) is 0.921. The van der Waals surface area contributed by atoms with Crippen LogP contribution in [0.4, 0.5) is 0 Å². The van der Waals surface area contributed by atoms with E-state index < -0.39 is 10.8 Å². The van der Waals surface area contributed by atoms with Crippen molar-refractivity contribution in [2.45, 2.75) is 57.7 Å². The van der Waals surface area contributed by atoms with Crippen molar-refractivity contribution in [3.05, 3.63) is 34.9 Å². The molecule has 1 saturated carbocycles. The van der Waals surface area contributed by atoms with E-state index in [2.05, 4.69) is 39.0 Å². The van der Waals surface area contributed by atoms with Gasteiger partial charge in [-0.15, -0.1) is 0 Å². The third-order valence-electron chi connectivity index (χ3n) is 4.44. The Bertz CT molecular complexity index is 486. The van der Waals surface area contributed by atoms with Crippen LogP contribution in [0.25, 0.3) is 0 Å². The number of rotatable bonds is 4. The molecule has 4 unspecified atom stereocenters. The maximum atomic E-state index is 12.6. The minimum Gasteiger partial charge on any atom is -0.323 e. The van der Waals surface area contributed by atoms with E-state index >= 15 is 0 Å². The molecule has 1 fully saturated rings. The van der Waals surface area contributed by atoms with E-state index in [4.69, 9.17) is 5.73 Å². The summed E-state index contributed by atoms with van der Waals surface area (Å²) in [5, 5.41) is 0.356. The molecule has 0 saturated heterocycles. The summed E-state index contributed by atoms with van der Waals surface area (Å²) in [5.74, 6) is 1.32. The molecule has 2 nitrogen and oxygen atoms in total. The van der Waals surface area contributed by atoms with E-state index in [0.29, 0.717) is 11.0 Å². The van der Waals surface area contributed by atoms with Crippen molar-refractivity contribution in [2.24, 2.45) is 11.7 Å². The van der Waals surface area contributed by atoms with Crippen LogP contribution in [0.2, 0.25) is 0 Å². The molecule has 3 heteroatoms. The molecule has 1 aliphatic carbocycles. The van der Waals surface area contributed by atoms with Crippen LogP contribution in [0.15, 0.2) is 18.2 Å². The molecule has 4 atom stereocenters. The average Bonchev–Trinajstić information content (AvgIpc) is 2.41. The van der Waals surface area contributed by atoms with Crippen LogP contribution in [0.5, 0.6) is 0 Å². The van der Waals surface area contributed by atoms with Gasteiger partial charge >= 0.3 is 0 Å². The van der Waals surface area contributed by atoms with Crippen LogP contribution in [0.3, 0.4) is 0 Å². The highest BCUT2D eigenvalue weighted by molar-refractivity contribution is 7.85. The van der Waals surface area contributed by atoms with Gasteiger partial charge in [0.15, 0.2) is 0 Å². The molecule has 0 spiro atoms. The Balaban J connectivity index is 2.01. The van der Waals surface area contributed by atoms with Crippen LogP contribution in [-0.2, 0) is 10.8 Å². The van der Waals surface area contributed by atoms with E-state index in [9.17, 15) is 4.21 Å². The van der Waals surface area contributed by atoms with Crippen LogP contribution in [0, 0.1) is 19.8 Å². The zero-order valence-corrected chi connectivity index (χ0v) is 13.7. The summed E-state index contributed by atoms with van der Waals surface area (Å²) >= 11 is 0. The Labute approximate surface area is 125 Å². The molecule has 20 heavy (non-hydrogen) atoms. The molecule has 0 aromatic heterocycles. The minimum absolute atomic E-state index is 0.104. The average molecular weight is 293 g/mol. The van der Waals surface area contributed by atoms with Gasteiger partial charge in [-0.3, -0.25) is 4.21 Å². The summed E-state index contributed by atoms with van der Waals surface area (Å²) < 4.78 is 12.6. The van der Waals surface area contributed by atoms with Gasteiger partial charge < -0.3 is 5.73 Å². The smallest absolute Gasteiger partial charge is 0.0431 e. The lowest BCUT2D eigenvalue weighted by Gasteiger charge is -2.27. The van der Waals surface area contributed by atoms with Gasteiger partial charge in [0.25, 0.3) is 0 Å². The van der Waals surface area contributed by atoms with Crippen LogP contribution in [0.1, 0.15) is 55.3 Å². The zero-order chi connectivity index (χ0) is 14.7. The molecule has 0 aliphatic heterocycles. The van der Waals surface area contributed by atoms with Gasteiger partial charge in [-0.25, -0.2) is 0 Å². The first kappa shape index (κ1) is 15.7. The predicted octanol–water partition coefficient (Wildman–Crippen LogP) is 3.63. The lowest BCUT2D eigenvalue weighted by Crippen LogP contribution is -2.29. The molecule has 0 heterocycles. The van der Waals surface area contributed by atoms with Crippen molar-refractivity contribution in [2.75, 3.05) is 5.75 Å². The molecule has 2 rings (SSSR count). The first-order valence-corrected chi connectivity index (χ1v) is 9.05. The number of nitrogens with two attached hydrogens (primary N) is 1. The molecule has 1 aliphatic rings. The molecular formula is C17H27NOS. The summed E-state index contributed by atoms with van der Waals surface area (Å²) in [5.41, 5.74) is 9.89. The molecule has 112 valence electrons. The number of hydrogen-bond acceptors (Lipinski definition) is 2. The zero-order valence-electron chi connectivity index (χ0n) is 12.9. The first-order valence-electron chi connectivity index (χ1n) is 7.67. The van der Waals surface area contributed by atoms with E-state index in [1.165, 1.54) is 24.0 Å². The molecular weight excluding hydrogens is 266 g/mol. The third kappa shape index (κ3) is 3.92. The fourth-order valence-corrected chi connectivity index (χ4v) is 4.96. The Morgan fingerprint density at radius 3 is 2.80 bits per heavy atom. The topological polar surface area (TPSA) is 43.1 Å². The molecule has 0 bridgehead atoms. The van der Waals surface area contributed by atoms with Crippen LogP contribution >= 0.6 is 0 Å². The minimum atomic E-state index is -0.798. The summed E-state index contributed by atoms with van der Waals surface area (Å²) in [6.45, 7) is 6.43. The van der Waals surface area contributed by atoms with Gasteiger partial charge in [-0.05, 0) is 43.7 Å². The van der Waals surface area contributed by atoms with Crippen LogP contribution in [-0.4, -0.2) is 15.2 Å². The highest BCUT2D eigenvalue weighted by atomic mass is 32.2. The van der Waals surface area contributed by atoms with Gasteiger partial charge in [0, 0.05) is 27.8 Å². The number of hydrogen-bond donors (Lipinski definition) is 1. The molecule has 1 aromatic rings. The summed E-state index contributed by atoms with van der Waals surface area (Å²) in [4.78, 5) is 0. The Kier molecular flexibility index (Phi) is 5.39. The van der Waals surface area contributed by atoms with E-state index in [-0.39, 0.29) is 6.04 Å². The summed E-state index contributed by atoms with van der Waals surface area (Å²) in [6.07, 6.45) is 4.72. The largest absolute Gasteiger partial charge is 0.323 e. The normalized spacial score (nSPS) is 26.2. The third-order valence-corrected chi connectivity index (χ3v) is 6.30. The SMILES string of the molecule is Cc1ccc(C)c(C(N)CS(=O)C2CCCC(C)C2)c1. The Morgan fingerprint density at radius 2 is 2.10 bits per heavy atom. The standard InChI is InChI=1S/C17H27NOS/c1-12-5-4-6-15(9-12)20(19)11-17(18)16-10-13(2)7-8-14(16)3/h7-8,10,12,15,17H,4-6,9,11,18H2,1-3H3. The number of benzene rings is 1. The molecule has 0 amide bonds. The van der Waals surface area contributed by atoms with Crippen molar-refractivity contribution in [3.8, 4) is 0 Å². The van der Waals surface area contributed by atoms with Crippen molar-refractivity contribution >= 4 is 10.8 Å². The lowest BCUT2D eigenvalue weighted by atomic mass is 9.91. The van der Waals surface area contributed by atoms with Crippen molar-refractivity contribution in [1.82, 2.24) is 0 Å². The Hall–Kier alpha value is -0.670. The Morgan fingerprint density at radius 1 is 1.35 bits per heavy atom. The number of aryl methyl sites for hydroxylation is 2. The fourth-order valence-electron chi connectivity index (χ4n) is 3.18. The molecule has 1 aromatic carbocycles. The second-order valence-electron chi connectivity index (χ2n) is 6.41. The highest BCUT2D eigenvalue weighted by Gasteiger charge is 2.25. The maximum Gasteiger partial charge on any atom is 0.0431 e. The first-order chi connectivity index (χ1) is 9.47. The fraction of sp³-hybridized carbons (Fsp3) is 0.647. The van der Waals surface area contributed by atoms with E-state index in [1.54, 1.807) is 0 Å². The second kappa shape index (κ2) is 6.86. The van der Waals surface area contributed by atoms with Gasteiger partial charge in [-0.1, -0.05) is 43.5 Å². The van der Waals surface area contributed by atoms with Crippen molar-refractivity contribution in [1.29, 1.82) is 0 Å².